The van der Waals surface area contributed by atoms with Gasteiger partial charge in [-0.2, -0.15) is 5.10 Å². The molecule has 0 radical (unpaired) electrons. The number of aryl methyl sites for hydroxylation is 2. The Hall–Kier alpha value is -2.37. The summed E-state index contributed by atoms with van der Waals surface area (Å²) in [6.45, 7) is 7.97. The first-order valence-electron chi connectivity index (χ1n) is 9.67. The number of amides is 1. The molecular formula is C21H28FN3O2. The van der Waals surface area contributed by atoms with E-state index in [1.807, 2.05) is 36.4 Å². The van der Waals surface area contributed by atoms with Crippen LogP contribution >= 0.6 is 0 Å². The van der Waals surface area contributed by atoms with E-state index in [0.717, 1.165) is 30.8 Å². The van der Waals surface area contributed by atoms with Crippen molar-refractivity contribution < 1.29 is 13.9 Å². The van der Waals surface area contributed by atoms with Gasteiger partial charge in [-0.05, 0) is 63.4 Å². The highest BCUT2D eigenvalue weighted by Gasteiger charge is 2.30. The minimum absolute atomic E-state index is 0.134. The molecule has 0 saturated carbocycles. The highest BCUT2D eigenvalue weighted by atomic mass is 19.1. The van der Waals surface area contributed by atoms with E-state index in [9.17, 15) is 9.18 Å². The summed E-state index contributed by atoms with van der Waals surface area (Å²) in [5, 5.41) is 4.51. The highest BCUT2D eigenvalue weighted by molar-refractivity contribution is 5.80. The second-order valence-corrected chi connectivity index (χ2v) is 7.35. The molecular weight excluding hydrogens is 345 g/mol. The Bertz CT molecular complexity index is 772. The normalized spacial score (nSPS) is 18.4. The van der Waals surface area contributed by atoms with Crippen molar-refractivity contribution >= 4 is 5.91 Å². The van der Waals surface area contributed by atoms with Crippen LogP contribution in [0.5, 0.6) is 5.75 Å². The molecule has 2 atom stereocenters. The van der Waals surface area contributed by atoms with E-state index in [4.69, 9.17) is 4.74 Å². The zero-order valence-corrected chi connectivity index (χ0v) is 16.3. The van der Waals surface area contributed by atoms with Gasteiger partial charge in [-0.25, -0.2) is 4.39 Å². The Balaban J connectivity index is 1.61. The van der Waals surface area contributed by atoms with Crippen LogP contribution in [0.1, 0.15) is 43.6 Å². The predicted molar refractivity (Wildman–Crippen MR) is 102 cm³/mol. The monoisotopic (exact) mass is 373 g/mol. The maximum absolute atomic E-state index is 13.1. The van der Waals surface area contributed by atoms with Crippen molar-refractivity contribution in [2.24, 2.45) is 5.92 Å². The summed E-state index contributed by atoms with van der Waals surface area (Å²) in [7, 11) is 0. The smallest absolute Gasteiger partial charge is 0.247 e. The van der Waals surface area contributed by atoms with Gasteiger partial charge >= 0.3 is 0 Å². The third-order valence-electron chi connectivity index (χ3n) is 5.14. The molecule has 0 unspecified atom stereocenters. The van der Waals surface area contributed by atoms with Crippen LogP contribution < -0.4 is 4.74 Å². The molecule has 146 valence electrons. The predicted octanol–water partition coefficient (Wildman–Crippen LogP) is 3.91. The maximum Gasteiger partial charge on any atom is 0.247 e. The topological polar surface area (TPSA) is 47.4 Å². The van der Waals surface area contributed by atoms with Crippen molar-refractivity contribution in [1.82, 2.24) is 14.7 Å². The van der Waals surface area contributed by atoms with Crippen LogP contribution in [0.15, 0.2) is 30.3 Å². The van der Waals surface area contributed by atoms with Crippen LogP contribution in [0, 0.1) is 25.6 Å². The number of piperidine rings is 1. The molecule has 2 heterocycles. The van der Waals surface area contributed by atoms with E-state index >= 15 is 0 Å². The van der Waals surface area contributed by atoms with Crippen LogP contribution in [-0.2, 0) is 4.79 Å². The van der Waals surface area contributed by atoms with E-state index in [-0.39, 0.29) is 23.7 Å². The number of halogens is 1. The standard InChI is InChI=1S/C21H28FN3O2/c1-4-20(25-16(3)12-15(2)23-25)21(26)24-11-5-6-17(13-24)14-27-19-9-7-18(22)8-10-19/h7-10,12,17,20H,4-6,11,13-14H2,1-3H3/t17-,20-/m1/s1. The van der Waals surface area contributed by atoms with Crippen molar-refractivity contribution in [3.05, 3.63) is 47.5 Å². The van der Waals surface area contributed by atoms with Crippen LogP contribution in [0.25, 0.3) is 0 Å². The number of likely N-dealkylation sites (tertiary alicyclic amines) is 1. The van der Waals surface area contributed by atoms with Gasteiger partial charge in [0.15, 0.2) is 0 Å². The largest absolute Gasteiger partial charge is 0.493 e. The first kappa shape index (κ1) is 19.4. The summed E-state index contributed by atoms with van der Waals surface area (Å²) in [6, 6.07) is 7.81. The van der Waals surface area contributed by atoms with E-state index < -0.39 is 0 Å². The zero-order chi connectivity index (χ0) is 19.4. The van der Waals surface area contributed by atoms with Crippen LogP contribution in [0.4, 0.5) is 4.39 Å². The number of nitrogens with zero attached hydrogens (tertiary/aromatic N) is 3. The van der Waals surface area contributed by atoms with Crippen LogP contribution in [0.2, 0.25) is 0 Å². The number of ether oxygens (including phenoxy) is 1. The fourth-order valence-corrected chi connectivity index (χ4v) is 3.77. The Labute approximate surface area is 160 Å². The Morgan fingerprint density at radius 2 is 2.07 bits per heavy atom. The number of benzene rings is 1. The van der Waals surface area contributed by atoms with E-state index in [0.29, 0.717) is 25.3 Å². The molecule has 1 aromatic heterocycles. The molecule has 5 nitrogen and oxygen atoms in total. The molecule has 1 amide bonds. The maximum atomic E-state index is 13.1. The SMILES string of the molecule is CC[C@H](C(=O)N1CCC[C@@H](COc2ccc(F)cc2)C1)n1nc(C)cc1C. The lowest BCUT2D eigenvalue weighted by atomic mass is 9.98. The minimum Gasteiger partial charge on any atom is -0.493 e. The molecule has 1 fully saturated rings. The van der Waals surface area contributed by atoms with Crippen molar-refractivity contribution in [2.75, 3.05) is 19.7 Å². The van der Waals surface area contributed by atoms with Crippen molar-refractivity contribution in [3.63, 3.8) is 0 Å². The van der Waals surface area contributed by atoms with Crippen LogP contribution in [0.3, 0.4) is 0 Å². The van der Waals surface area contributed by atoms with Crippen molar-refractivity contribution in [3.8, 4) is 5.75 Å². The first-order chi connectivity index (χ1) is 13.0. The van der Waals surface area contributed by atoms with Gasteiger partial charge in [-0.15, -0.1) is 0 Å². The third kappa shape index (κ3) is 4.67. The third-order valence-corrected chi connectivity index (χ3v) is 5.14. The molecule has 2 aromatic rings. The molecule has 27 heavy (non-hydrogen) atoms. The van der Waals surface area contributed by atoms with Gasteiger partial charge in [0.05, 0.1) is 12.3 Å². The number of carbonyl (C=O) groups excluding carboxylic acids is 1. The zero-order valence-electron chi connectivity index (χ0n) is 16.3. The summed E-state index contributed by atoms with van der Waals surface area (Å²) < 4.78 is 20.7. The van der Waals surface area contributed by atoms with Gasteiger partial charge in [0.2, 0.25) is 5.91 Å². The molecule has 0 bridgehead atoms. The fourth-order valence-electron chi connectivity index (χ4n) is 3.77. The lowest BCUT2D eigenvalue weighted by molar-refractivity contribution is -0.137. The van der Waals surface area contributed by atoms with Gasteiger partial charge in [-0.1, -0.05) is 6.92 Å². The van der Waals surface area contributed by atoms with Gasteiger partial charge < -0.3 is 9.64 Å². The average Bonchev–Trinajstić information content (AvgIpc) is 3.00. The number of carbonyl (C=O) groups is 1. The minimum atomic E-state index is -0.272. The summed E-state index contributed by atoms with van der Waals surface area (Å²) in [4.78, 5) is 15.1. The van der Waals surface area contributed by atoms with E-state index in [2.05, 4.69) is 5.10 Å². The van der Waals surface area contributed by atoms with Gasteiger partial charge in [0, 0.05) is 24.7 Å². The van der Waals surface area contributed by atoms with Gasteiger partial charge in [0.1, 0.15) is 17.6 Å². The molecule has 3 rings (SSSR count). The lowest BCUT2D eigenvalue weighted by Crippen LogP contribution is -2.45. The summed E-state index contributed by atoms with van der Waals surface area (Å²) >= 11 is 0. The number of hydrogen-bond donors (Lipinski definition) is 0. The Morgan fingerprint density at radius 1 is 1.33 bits per heavy atom. The Kier molecular flexibility index (Phi) is 6.14. The van der Waals surface area contributed by atoms with Crippen molar-refractivity contribution in [2.45, 2.75) is 46.1 Å². The molecule has 0 N–H and O–H groups in total. The first-order valence-corrected chi connectivity index (χ1v) is 9.67. The second-order valence-electron chi connectivity index (χ2n) is 7.35. The molecule has 0 spiro atoms. The number of aromatic nitrogens is 2. The van der Waals surface area contributed by atoms with Gasteiger partial charge in [0.25, 0.3) is 0 Å². The quantitative estimate of drug-likeness (QED) is 0.771. The summed E-state index contributed by atoms with van der Waals surface area (Å²) in [5.74, 6) is 0.807. The fraction of sp³-hybridized carbons (Fsp3) is 0.524. The lowest BCUT2D eigenvalue weighted by Gasteiger charge is -2.35. The average molecular weight is 373 g/mol. The van der Waals surface area contributed by atoms with Crippen LogP contribution in [-0.4, -0.2) is 40.3 Å². The molecule has 0 aliphatic carbocycles. The number of hydrogen-bond acceptors (Lipinski definition) is 3. The van der Waals surface area contributed by atoms with E-state index in [1.165, 1.54) is 12.1 Å². The molecule has 1 saturated heterocycles. The molecule has 1 aromatic carbocycles. The van der Waals surface area contributed by atoms with Gasteiger partial charge in [-0.3, -0.25) is 9.48 Å². The van der Waals surface area contributed by atoms with E-state index in [1.54, 1.807) is 12.1 Å². The Morgan fingerprint density at radius 3 is 2.70 bits per heavy atom. The molecule has 6 heteroatoms. The summed E-state index contributed by atoms with van der Waals surface area (Å²) in [5.41, 5.74) is 1.95. The summed E-state index contributed by atoms with van der Waals surface area (Å²) in [6.07, 6.45) is 2.71. The molecule has 1 aliphatic heterocycles. The molecule has 1 aliphatic rings. The highest BCUT2D eigenvalue weighted by Crippen LogP contribution is 2.24. The number of rotatable bonds is 6. The van der Waals surface area contributed by atoms with Crippen molar-refractivity contribution in [1.29, 1.82) is 0 Å². The second kappa shape index (κ2) is 8.55.